The number of aliphatic hydroxyl groups is 1. The van der Waals surface area contributed by atoms with E-state index in [2.05, 4.69) is 66.4 Å². The molecule has 2 atom stereocenters. The van der Waals surface area contributed by atoms with Gasteiger partial charge >= 0.3 is 0 Å². The number of hydrogen-bond acceptors (Lipinski definition) is 3. The Bertz CT molecular complexity index is 577. The summed E-state index contributed by atoms with van der Waals surface area (Å²) in [5, 5.41) is 20.3. The van der Waals surface area contributed by atoms with Gasteiger partial charge in [-0.3, -0.25) is 4.99 Å². The van der Waals surface area contributed by atoms with Crippen LogP contribution < -0.4 is 0 Å². The molecule has 0 aliphatic heterocycles. The molecule has 0 aliphatic rings. The highest BCUT2D eigenvalue weighted by atomic mass is 16.3. The van der Waals surface area contributed by atoms with E-state index in [-0.39, 0.29) is 23.5 Å². The Hall–Kier alpha value is -1.35. The van der Waals surface area contributed by atoms with Crippen molar-refractivity contribution in [1.82, 2.24) is 0 Å². The molecule has 0 spiro atoms. The fourth-order valence-corrected chi connectivity index (χ4v) is 2.58. The first-order valence-corrected chi connectivity index (χ1v) is 8.93. The maximum Gasteiger partial charge on any atom is 0.128 e. The molecule has 2 N–H and O–H groups in total. The fourth-order valence-electron chi connectivity index (χ4n) is 2.58. The summed E-state index contributed by atoms with van der Waals surface area (Å²) < 4.78 is 0. The molecule has 0 radical (unpaired) electrons. The van der Waals surface area contributed by atoms with Crippen molar-refractivity contribution in [3.63, 3.8) is 0 Å². The third-order valence-electron chi connectivity index (χ3n) is 4.71. The average molecular weight is 334 g/mol. The summed E-state index contributed by atoms with van der Waals surface area (Å²) in [6.07, 6.45) is 2.69. The lowest BCUT2D eigenvalue weighted by molar-refractivity contribution is 0.232. The van der Waals surface area contributed by atoms with Gasteiger partial charge in [0, 0.05) is 17.3 Å². The number of rotatable bonds is 5. The number of hydrogen-bond donors (Lipinski definition) is 2. The van der Waals surface area contributed by atoms with Crippen LogP contribution in [0.15, 0.2) is 17.1 Å². The van der Waals surface area contributed by atoms with E-state index in [4.69, 9.17) is 0 Å². The molecule has 0 aliphatic carbocycles. The SMILES string of the molecule is CCC(C)[C@@H](CO)/N=C/c1cc(C(C)(C)C)cc(C(C)(C)C)c1O. The van der Waals surface area contributed by atoms with Gasteiger partial charge in [-0.25, -0.2) is 0 Å². The van der Waals surface area contributed by atoms with Crippen LogP contribution in [-0.2, 0) is 10.8 Å². The van der Waals surface area contributed by atoms with Crippen LogP contribution in [0.5, 0.6) is 5.75 Å². The van der Waals surface area contributed by atoms with Gasteiger partial charge in [-0.15, -0.1) is 0 Å². The van der Waals surface area contributed by atoms with E-state index in [9.17, 15) is 10.2 Å². The fraction of sp³-hybridized carbons (Fsp3) is 0.667. The van der Waals surface area contributed by atoms with Crippen molar-refractivity contribution in [2.24, 2.45) is 10.9 Å². The molecule has 0 saturated heterocycles. The third kappa shape index (κ3) is 5.07. The topological polar surface area (TPSA) is 52.8 Å². The summed E-state index contributed by atoms with van der Waals surface area (Å²) >= 11 is 0. The van der Waals surface area contributed by atoms with E-state index < -0.39 is 0 Å². The van der Waals surface area contributed by atoms with Crippen LogP contribution in [-0.4, -0.2) is 29.1 Å². The van der Waals surface area contributed by atoms with Crippen molar-refractivity contribution < 1.29 is 10.2 Å². The van der Waals surface area contributed by atoms with Crippen molar-refractivity contribution in [3.8, 4) is 5.75 Å². The summed E-state index contributed by atoms with van der Waals surface area (Å²) in [5.41, 5.74) is 2.68. The van der Waals surface area contributed by atoms with Gasteiger partial charge in [-0.2, -0.15) is 0 Å². The van der Waals surface area contributed by atoms with E-state index in [0.29, 0.717) is 11.7 Å². The standard InChI is InChI=1S/C21H35NO2/c1-9-14(2)18(13-23)22-12-15-10-16(20(3,4)5)11-17(19(15)24)21(6,7)8/h10-12,14,18,23-24H,9,13H2,1-8H3/b22-12+/t14?,18-/m1/s1. The van der Waals surface area contributed by atoms with E-state index in [1.54, 1.807) is 6.21 Å². The van der Waals surface area contributed by atoms with Crippen molar-refractivity contribution in [1.29, 1.82) is 0 Å². The Morgan fingerprint density at radius 3 is 2.08 bits per heavy atom. The van der Waals surface area contributed by atoms with Gasteiger partial charge in [-0.1, -0.05) is 67.9 Å². The number of aliphatic imine (C=N–C) groups is 1. The number of aromatic hydroxyl groups is 1. The maximum absolute atomic E-state index is 10.7. The molecular formula is C21H35NO2. The summed E-state index contributed by atoms with van der Waals surface area (Å²) in [5.74, 6) is 0.598. The number of phenols is 1. The lowest BCUT2D eigenvalue weighted by Gasteiger charge is -2.27. The van der Waals surface area contributed by atoms with E-state index in [1.165, 1.54) is 5.56 Å². The second-order valence-electron chi connectivity index (χ2n) is 8.88. The second kappa shape index (κ2) is 7.69. The van der Waals surface area contributed by atoms with Gasteiger partial charge in [-0.05, 0) is 28.4 Å². The minimum atomic E-state index is -0.152. The summed E-state index contributed by atoms with van der Waals surface area (Å²) in [7, 11) is 0. The first kappa shape index (κ1) is 20.7. The molecule has 3 nitrogen and oxygen atoms in total. The smallest absolute Gasteiger partial charge is 0.128 e. The molecule has 1 unspecified atom stereocenters. The van der Waals surface area contributed by atoms with E-state index >= 15 is 0 Å². The molecule has 0 saturated carbocycles. The predicted octanol–water partition coefficient (Wildman–Crippen LogP) is 4.81. The van der Waals surface area contributed by atoms with Crippen molar-refractivity contribution in [3.05, 3.63) is 28.8 Å². The molecule has 0 bridgehead atoms. The predicted molar refractivity (Wildman–Crippen MR) is 103 cm³/mol. The zero-order valence-electron chi connectivity index (χ0n) is 16.6. The van der Waals surface area contributed by atoms with Gasteiger partial charge in [0.15, 0.2) is 0 Å². The highest BCUT2D eigenvalue weighted by Gasteiger charge is 2.24. The molecule has 1 aromatic carbocycles. The Kier molecular flexibility index (Phi) is 6.63. The largest absolute Gasteiger partial charge is 0.507 e. The molecule has 0 fully saturated rings. The number of phenolic OH excluding ortho intramolecular Hbond substituents is 1. The minimum absolute atomic E-state index is 0.0105. The maximum atomic E-state index is 10.7. The first-order valence-electron chi connectivity index (χ1n) is 8.93. The molecule has 1 rings (SSSR count). The van der Waals surface area contributed by atoms with Crippen LogP contribution in [0.1, 0.15) is 78.5 Å². The minimum Gasteiger partial charge on any atom is -0.507 e. The number of benzene rings is 1. The first-order chi connectivity index (χ1) is 10.9. The van der Waals surface area contributed by atoms with Gasteiger partial charge in [0.05, 0.1) is 12.6 Å². The summed E-state index contributed by atoms with van der Waals surface area (Å²) in [4.78, 5) is 4.56. The van der Waals surface area contributed by atoms with Crippen LogP contribution in [0.2, 0.25) is 0 Å². The van der Waals surface area contributed by atoms with Crippen molar-refractivity contribution in [2.75, 3.05) is 6.61 Å². The lowest BCUT2D eigenvalue weighted by atomic mass is 9.79. The van der Waals surface area contributed by atoms with Gasteiger partial charge in [0.2, 0.25) is 0 Å². The molecule has 3 heteroatoms. The molecule has 0 aromatic heterocycles. The van der Waals surface area contributed by atoms with Crippen molar-refractivity contribution in [2.45, 2.75) is 78.7 Å². The van der Waals surface area contributed by atoms with Gasteiger partial charge < -0.3 is 10.2 Å². The van der Waals surface area contributed by atoms with Crippen LogP contribution in [0, 0.1) is 5.92 Å². The van der Waals surface area contributed by atoms with Crippen LogP contribution in [0.4, 0.5) is 0 Å². The van der Waals surface area contributed by atoms with Gasteiger partial charge in [0.25, 0.3) is 0 Å². The molecule has 136 valence electrons. The summed E-state index contributed by atoms with van der Waals surface area (Å²) in [6, 6.07) is 3.98. The van der Waals surface area contributed by atoms with E-state index in [1.807, 2.05) is 6.07 Å². The monoisotopic (exact) mass is 333 g/mol. The molecule has 1 aromatic rings. The van der Waals surface area contributed by atoms with Crippen molar-refractivity contribution >= 4 is 6.21 Å². The lowest BCUT2D eigenvalue weighted by Crippen LogP contribution is -2.20. The highest BCUT2D eigenvalue weighted by Crippen LogP contribution is 2.37. The Labute approximate surface area is 147 Å². The Morgan fingerprint density at radius 2 is 1.67 bits per heavy atom. The molecule has 0 amide bonds. The zero-order chi connectivity index (χ0) is 18.7. The van der Waals surface area contributed by atoms with E-state index in [0.717, 1.165) is 17.5 Å². The van der Waals surface area contributed by atoms with Crippen LogP contribution >= 0.6 is 0 Å². The van der Waals surface area contributed by atoms with Crippen LogP contribution in [0.3, 0.4) is 0 Å². The highest BCUT2D eigenvalue weighted by molar-refractivity contribution is 5.85. The normalized spacial score (nSPS) is 15.7. The van der Waals surface area contributed by atoms with Gasteiger partial charge in [0.1, 0.15) is 5.75 Å². The third-order valence-corrected chi connectivity index (χ3v) is 4.71. The second-order valence-corrected chi connectivity index (χ2v) is 8.88. The Morgan fingerprint density at radius 1 is 1.08 bits per heavy atom. The summed E-state index contributed by atoms with van der Waals surface area (Å²) in [6.45, 7) is 17.0. The number of aliphatic hydroxyl groups excluding tert-OH is 1. The molecular weight excluding hydrogens is 298 g/mol. The quantitative estimate of drug-likeness (QED) is 0.760. The molecule has 24 heavy (non-hydrogen) atoms. The van der Waals surface area contributed by atoms with Crippen LogP contribution in [0.25, 0.3) is 0 Å². The Balaban J connectivity index is 3.41. The average Bonchev–Trinajstić information content (AvgIpc) is 2.46. The number of nitrogens with zero attached hydrogens (tertiary/aromatic N) is 1. The zero-order valence-corrected chi connectivity index (χ0v) is 16.6. The molecule has 0 heterocycles.